The number of fused-ring (bicyclic) bond motifs is 3. The van der Waals surface area contributed by atoms with E-state index in [1.807, 2.05) is 48.0 Å². The van der Waals surface area contributed by atoms with Crippen LogP contribution < -0.4 is 11.2 Å². The molecule has 4 rings (SSSR count). The normalized spacial score (nSPS) is 13.2. The van der Waals surface area contributed by atoms with Crippen molar-refractivity contribution in [2.75, 3.05) is 0 Å². The van der Waals surface area contributed by atoms with E-state index < -0.39 is 16.7 Å². The minimum atomic E-state index is -0.656. The fourth-order valence-electron chi connectivity index (χ4n) is 3.91. The SMILES string of the molecule is Cc1cn2c3c(=O)n(CC(=O)C(C)(C)C)c(=O)n(C)c3nc2n1C(C)c1ccccc1. The topological polar surface area (TPSA) is 83.3 Å². The molecule has 31 heavy (non-hydrogen) atoms. The molecule has 0 aliphatic carbocycles. The number of aryl methyl sites for hydroxylation is 2. The molecule has 1 atom stereocenters. The van der Waals surface area contributed by atoms with Crippen LogP contribution in [0.2, 0.25) is 0 Å². The summed E-state index contributed by atoms with van der Waals surface area (Å²) in [6.45, 7) is 9.08. The molecule has 0 spiro atoms. The highest BCUT2D eigenvalue weighted by atomic mass is 16.2. The Balaban J connectivity index is 1.98. The molecule has 0 amide bonds. The second-order valence-electron chi connectivity index (χ2n) is 9.09. The second-order valence-corrected chi connectivity index (χ2v) is 9.09. The van der Waals surface area contributed by atoms with Crippen molar-refractivity contribution < 1.29 is 4.79 Å². The highest BCUT2D eigenvalue weighted by Crippen LogP contribution is 2.25. The molecule has 0 N–H and O–H groups in total. The lowest BCUT2D eigenvalue weighted by molar-refractivity contribution is -0.127. The summed E-state index contributed by atoms with van der Waals surface area (Å²) in [5, 5.41) is 0. The lowest BCUT2D eigenvalue weighted by atomic mass is 9.91. The summed E-state index contributed by atoms with van der Waals surface area (Å²) in [5.41, 5.74) is 0.934. The van der Waals surface area contributed by atoms with Gasteiger partial charge in [-0.25, -0.2) is 4.79 Å². The van der Waals surface area contributed by atoms with Crippen LogP contribution >= 0.6 is 0 Å². The number of hydrogen-bond acceptors (Lipinski definition) is 4. The molecule has 8 nitrogen and oxygen atoms in total. The van der Waals surface area contributed by atoms with E-state index in [1.165, 1.54) is 4.57 Å². The first kappa shape index (κ1) is 20.8. The van der Waals surface area contributed by atoms with E-state index in [0.29, 0.717) is 16.9 Å². The molecule has 3 heterocycles. The largest absolute Gasteiger partial charge is 0.332 e. The van der Waals surface area contributed by atoms with Crippen molar-refractivity contribution in [3.8, 4) is 0 Å². The molecule has 0 saturated heterocycles. The van der Waals surface area contributed by atoms with Gasteiger partial charge in [-0.1, -0.05) is 51.1 Å². The van der Waals surface area contributed by atoms with E-state index in [9.17, 15) is 14.4 Å². The van der Waals surface area contributed by atoms with Crippen LogP contribution in [0.4, 0.5) is 0 Å². The first-order valence-corrected chi connectivity index (χ1v) is 10.3. The first-order valence-electron chi connectivity index (χ1n) is 10.3. The third kappa shape index (κ3) is 3.22. The summed E-state index contributed by atoms with van der Waals surface area (Å²) >= 11 is 0. The van der Waals surface area contributed by atoms with Gasteiger partial charge in [0.25, 0.3) is 5.56 Å². The fourth-order valence-corrected chi connectivity index (χ4v) is 3.91. The van der Waals surface area contributed by atoms with Crippen LogP contribution in [-0.4, -0.2) is 28.9 Å². The average molecular weight is 422 g/mol. The van der Waals surface area contributed by atoms with Crippen molar-refractivity contribution in [1.82, 2.24) is 23.1 Å². The standard InChI is InChI=1S/C23H27N5O3/c1-14-12-26-18-19(24-21(26)28(14)15(2)16-10-8-7-9-11-16)25(6)22(31)27(20(18)30)13-17(29)23(3,4)5/h7-12,15H,13H2,1-6H3. The Hall–Kier alpha value is -3.42. The Bertz CT molecular complexity index is 1430. The molecule has 1 unspecified atom stereocenters. The molecule has 0 aliphatic heterocycles. The summed E-state index contributed by atoms with van der Waals surface area (Å²) in [4.78, 5) is 43.4. The molecule has 0 radical (unpaired) electrons. The van der Waals surface area contributed by atoms with Gasteiger partial charge < -0.3 is 4.57 Å². The molecule has 8 heteroatoms. The minimum Gasteiger partial charge on any atom is -0.307 e. The first-order chi connectivity index (χ1) is 14.5. The van der Waals surface area contributed by atoms with E-state index in [0.717, 1.165) is 15.8 Å². The van der Waals surface area contributed by atoms with Crippen molar-refractivity contribution in [2.24, 2.45) is 12.5 Å². The molecule has 0 bridgehead atoms. The lowest BCUT2D eigenvalue weighted by Gasteiger charge is -2.17. The maximum atomic E-state index is 13.3. The third-order valence-corrected chi connectivity index (χ3v) is 5.88. The van der Waals surface area contributed by atoms with E-state index in [-0.39, 0.29) is 18.4 Å². The molecule has 3 aromatic heterocycles. The third-order valence-electron chi connectivity index (χ3n) is 5.88. The van der Waals surface area contributed by atoms with Crippen LogP contribution in [0.15, 0.2) is 46.1 Å². The molecule has 0 aliphatic rings. The summed E-state index contributed by atoms with van der Waals surface area (Å²) in [7, 11) is 1.58. The summed E-state index contributed by atoms with van der Waals surface area (Å²) in [5.74, 6) is 0.397. The predicted molar refractivity (Wildman–Crippen MR) is 120 cm³/mol. The van der Waals surface area contributed by atoms with Crippen molar-refractivity contribution >= 4 is 22.7 Å². The van der Waals surface area contributed by atoms with Gasteiger partial charge in [0, 0.05) is 24.4 Å². The van der Waals surface area contributed by atoms with Crippen LogP contribution in [0.3, 0.4) is 0 Å². The monoisotopic (exact) mass is 421 g/mol. The van der Waals surface area contributed by atoms with E-state index >= 15 is 0 Å². The molecule has 0 fully saturated rings. The number of carbonyl (C=O) groups excluding carboxylic acids is 1. The Morgan fingerprint density at radius 1 is 1.13 bits per heavy atom. The zero-order chi connectivity index (χ0) is 22.7. The van der Waals surface area contributed by atoms with Crippen molar-refractivity contribution in [3.05, 3.63) is 68.6 Å². The van der Waals surface area contributed by atoms with Crippen LogP contribution in [-0.2, 0) is 18.4 Å². The van der Waals surface area contributed by atoms with Crippen LogP contribution in [0.5, 0.6) is 0 Å². The van der Waals surface area contributed by atoms with E-state index in [4.69, 9.17) is 0 Å². The number of imidazole rings is 2. The highest BCUT2D eigenvalue weighted by Gasteiger charge is 2.26. The predicted octanol–water partition coefficient (Wildman–Crippen LogP) is 2.68. The minimum absolute atomic E-state index is 0.0164. The number of benzene rings is 1. The highest BCUT2D eigenvalue weighted by molar-refractivity contribution is 5.84. The summed E-state index contributed by atoms with van der Waals surface area (Å²) < 4.78 is 6.12. The zero-order valence-corrected chi connectivity index (χ0v) is 18.7. The van der Waals surface area contributed by atoms with Crippen LogP contribution in [0.1, 0.15) is 45.0 Å². The Labute approximate surface area is 179 Å². The number of rotatable bonds is 4. The van der Waals surface area contributed by atoms with Crippen LogP contribution in [0, 0.1) is 12.3 Å². The van der Waals surface area contributed by atoms with Gasteiger partial charge in [0.2, 0.25) is 5.78 Å². The number of Topliss-reactive ketones (excluding diaryl/α,β-unsaturated/α-hetero) is 1. The van der Waals surface area contributed by atoms with Gasteiger partial charge in [-0.15, -0.1) is 0 Å². The van der Waals surface area contributed by atoms with Crippen molar-refractivity contribution in [2.45, 2.75) is 47.2 Å². The second kappa shape index (κ2) is 7.08. The van der Waals surface area contributed by atoms with Gasteiger partial charge in [0.05, 0.1) is 12.6 Å². The van der Waals surface area contributed by atoms with Crippen molar-refractivity contribution in [3.63, 3.8) is 0 Å². The van der Waals surface area contributed by atoms with E-state index in [1.54, 1.807) is 32.2 Å². The lowest BCUT2D eigenvalue weighted by Crippen LogP contribution is -2.42. The van der Waals surface area contributed by atoms with Gasteiger partial charge in [-0.3, -0.25) is 23.1 Å². The molecule has 0 saturated carbocycles. The zero-order valence-electron chi connectivity index (χ0n) is 18.7. The fraction of sp³-hybridized carbons (Fsp3) is 0.391. The molecular weight excluding hydrogens is 394 g/mol. The Kier molecular flexibility index (Phi) is 4.76. The quantitative estimate of drug-likeness (QED) is 0.507. The van der Waals surface area contributed by atoms with E-state index in [2.05, 4.69) is 11.9 Å². The number of nitrogens with zero attached hydrogens (tertiary/aromatic N) is 5. The smallest absolute Gasteiger partial charge is 0.307 e. The number of carbonyl (C=O) groups is 1. The van der Waals surface area contributed by atoms with Gasteiger partial charge in [0.15, 0.2) is 16.9 Å². The van der Waals surface area contributed by atoms with Gasteiger partial charge in [-0.2, -0.15) is 4.98 Å². The molecule has 1 aromatic carbocycles. The molecule has 162 valence electrons. The summed E-state index contributed by atoms with van der Waals surface area (Å²) in [6.07, 6.45) is 1.85. The number of hydrogen-bond donors (Lipinski definition) is 0. The van der Waals surface area contributed by atoms with Crippen molar-refractivity contribution in [1.29, 1.82) is 0 Å². The Morgan fingerprint density at radius 3 is 2.39 bits per heavy atom. The molecular formula is C23H27N5O3. The number of ketones is 1. The summed E-state index contributed by atoms with van der Waals surface area (Å²) in [6, 6.07) is 10.0. The maximum Gasteiger partial charge on any atom is 0.332 e. The average Bonchev–Trinajstić information content (AvgIpc) is 3.23. The van der Waals surface area contributed by atoms with Gasteiger partial charge in [0.1, 0.15) is 0 Å². The maximum absolute atomic E-state index is 13.3. The van der Waals surface area contributed by atoms with Crippen LogP contribution in [0.25, 0.3) is 16.9 Å². The van der Waals surface area contributed by atoms with Gasteiger partial charge in [-0.05, 0) is 19.4 Å². The molecule has 4 aromatic rings. The number of aromatic nitrogens is 5. The Morgan fingerprint density at radius 2 is 1.77 bits per heavy atom. The van der Waals surface area contributed by atoms with Gasteiger partial charge >= 0.3 is 5.69 Å².